The van der Waals surface area contributed by atoms with Crippen LogP contribution < -0.4 is 10.6 Å². The maximum atomic E-state index is 12.4. The topological polar surface area (TPSA) is 46.3 Å². The summed E-state index contributed by atoms with van der Waals surface area (Å²) in [5.41, 5.74) is 4.26. The number of benzene rings is 1. The van der Waals surface area contributed by atoms with Crippen molar-refractivity contribution in [2.24, 2.45) is 5.73 Å². The summed E-state index contributed by atoms with van der Waals surface area (Å²) in [4.78, 5) is 12.0. The molecule has 0 saturated carbocycles. The Bertz CT molecular complexity index is 390. The lowest BCUT2D eigenvalue weighted by atomic mass is 10.2. The van der Waals surface area contributed by atoms with Gasteiger partial charge in [-0.2, -0.15) is 13.2 Å². The number of halogens is 3. The number of alkyl halides is 3. The molecule has 0 unspecified atom stereocenters. The Hall–Kier alpha value is -1.72. The van der Waals surface area contributed by atoms with Crippen LogP contribution in [0.25, 0.3) is 0 Å². The zero-order valence-corrected chi connectivity index (χ0v) is 8.51. The molecule has 1 radical (unpaired) electrons. The molecule has 0 aliphatic heterocycles. The van der Waals surface area contributed by atoms with E-state index in [-0.39, 0.29) is 12.2 Å². The Kier molecular flexibility index (Phi) is 3.41. The van der Waals surface area contributed by atoms with Crippen LogP contribution in [0.5, 0.6) is 0 Å². The average molecular weight is 231 g/mol. The van der Waals surface area contributed by atoms with E-state index in [1.165, 1.54) is 6.07 Å². The van der Waals surface area contributed by atoms with Gasteiger partial charge in [-0.05, 0) is 31.2 Å². The maximum absolute atomic E-state index is 12.4. The number of hydrogen-bond donors (Lipinski definition) is 1. The minimum Gasteiger partial charge on any atom is -0.351 e. The van der Waals surface area contributed by atoms with Gasteiger partial charge in [0.2, 0.25) is 0 Å². The third kappa shape index (κ3) is 2.65. The average Bonchev–Trinajstić information content (AvgIpc) is 2.17. The first-order valence-electron chi connectivity index (χ1n) is 4.51. The molecule has 0 aliphatic rings. The summed E-state index contributed by atoms with van der Waals surface area (Å²) in [7, 11) is 0. The smallest absolute Gasteiger partial charge is 0.351 e. The van der Waals surface area contributed by atoms with E-state index < -0.39 is 17.8 Å². The van der Waals surface area contributed by atoms with Crippen molar-refractivity contribution in [3.05, 3.63) is 29.8 Å². The van der Waals surface area contributed by atoms with E-state index in [4.69, 9.17) is 5.73 Å². The summed E-state index contributed by atoms with van der Waals surface area (Å²) in [6.45, 7) is 1.81. The standard InChI is InChI=1S/C10H10F3N2O/c1-2-15(9(14)16)8-5-3-4-7(6-8)10(11,12)13/h4-6H,2H2,1H3,(H2,14,16). The highest BCUT2D eigenvalue weighted by atomic mass is 19.4. The molecule has 0 atom stereocenters. The highest BCUT2D eigenvalue weighted by Crippen LogP contribution is 2.31. The van der Waals surface area contributed by atoms with Crippen LogP contribution in [0.15, 0.2) is 18.2 Å². The first-order chi connectivity index (χ1) is 7.36. The third-order valence-electron chi connectivity index (χ3n) is 1.99. The van der Waals surface area contributed by atoms with E-state index in [1.54, 1.807) is 6.92 Å². The molecule has 1 aromatic carbocycles. The lowest BCUT2D eigenvalue weighted by molar-refractivity contribution is -0.137. The molecular weight excluding hydrogens is 221 g/mol. The zero-order chi connectivity index (χ0) is 12.3. The Balaban J connectivity index is 3.11. The van der Waals surface area contributed by atoms with Gasteiger partial charge in [0.05, 0.1) is 5.56 Å². The number of nitrogens with two attached hydrogens (primary N) is 1. The number of primary amides is 1. The zero-order valence-electron chi connectivity index (χ0n) is 8.51. The highest BCUT2D eigenvalue weighted by Gasteiger charge is 2.31. The predicted molar refractivity (Wildman–Crippen MR) is 52.9 cm³/mol. The fourth-order valence-corrected chi connectivity index (χ4v) is 1.24. The van der Waals surface area contributed by atoms with Gasteiger partial charge in [0.25, 0.3) is 0 Å². The van der Waals surface area contributed by atoms with Crippen LogP contribution >= 0.6 is 0 Å². The summed E-state index contributed by atoms with van der Waals surface area (Å²) >= 11 is 0. The molecule has 2 N–H and O–H groups in total. The number of urea groups is 1. The number of nitrogens with zero attached hydrogens (tertiary/aromatic N) is 1. The fraction of sp³-hybridized carbons (Fsp3) is 0.300. The van der Waals surface area contributed by atoms with Crippen molar-refractivity contribution in [3.8, 4) is 0 Å². The van der Waals surface area contributed by atoms with Gasteiger partial charge in [-0.25, -0.2) is 4.79 Å². The van der Waals surface area contributed by atoms with Crippen molar-refractivity contribution in [2.45, 2.75) is 13.1 Å². The van der Waals surface area contributed by atoms with E-state index in [9.17, 15) is 18.0 Å². The van der Waals surface area contributed by atoms with E-state index in [0.29, 0.717) is 0 Å². The van der Waals surface area contributed by atoms with E-state index in [2.05, 4.69) is 6.07 Å². The van der Waals surface area contributed by atoms with E-state index >= 15 is 0 Å². The van der Waals surface area contributed by atoms with Gasteiger partial charge >= 0.3 is 12.2 Å². The van der Waals surface area contributed by atoms with Crippen LogP contribution in [-0.2, 0) is 6.18 Å². The fourth-order valence-electron chi connectivity index (χ4n) is 1.24. The van der Waals surface area contributed by atoms with E-state index in [1.807, 2.05) is 0 Å². The molecule has 0 aliphatic carbocycles. The number of anilines is 1. The van der Waals surface area contributed by atoms with Crippen molar-refractivity contribution in [3.63, 3.8) is 0 Å². The molecule has 0 fully saturated rings. The molecule has 1 aromatic rings. The second kappa shape index (κ2) is 4.42. The van der Waals surface area contributed by atoms with Gasteiger partial charge in [0, 0.05) is 12.2 Å². The van der Waals surface area contributed by atoms with Crippen molar-refractivity contribution in [1.29, 1.82) is 0 Å². The molecule has 0 aromatic heterocycles. The van der Waals surface area contributed by atoms with Crippen molar-refractivity contribution in [1.82, 2.24) is 0 Å². The van der Waals surface area contributed by atoms with Crippen LogP contribution in [0.1, 0.15) is 12.5 Å². The quantitative estimate of drug-likeness (QED) is 0.834. The number of amides is 2. The first kappa shape index (κ1) is 12.4. The molecule has 1 rings (SSSR count). The van der Waals surface area contributed by atoms with Crippen LogP contribution in [-0.4, -0.2) is 12.6 Å². The number of rotatable bonds is 2. The second-order valence-corrected chi connectivity index (χ2v) is 3.06. The second-order valence-electron chi connectivity index (χ2n) is 3.06. The van der Waals surface area contributed by atoms with Crippen molar-refractivity contribution >= 4 is 11.7 Å². The highest BCUT2D eigenvalue weighted by molar-refractivity contribution is 5.90. The van der Waals surface area contributed by atoms with Gasteiger partial charge in [-0.3, -0.25) is 4.90 Å². The SMILES string of the molecule is CCN(C(N)=O)c1c[c]cc(C(F)(F)F)c1. The molecule has 0 heterocycles. The Labute approximate surface area is 90.6 Å². The first-order valence-corrected chi connectivity index (χ1v) is 4.51. The molecule has 2 amide bonds. The number of carbonyl (C=O) groups excluding carboxylic acids is 1. The number of carbonyl (C=O) groups is 1. The summed E-state index contributed by atoms with van der Waals surface area (Å²) < 4.78 is 37.1. The van der Waals surface area contributed by atoms with Gasteiger partial charge < -0.3 is 5.73 Å². The summed E-state index contributed by atoms with van der Waals surface area (Å²) in [6, 6.07) is 4.51. The largest absolute Gasteiger partial charge is 0.416 e. The minimum absolute atomic E-state index is 0.0878. The molecule has 87 valence electrons. The van der Waals surface area contributed by atoms with Gasteiger partial charge in [0.15, 0.2) is 0 Å². The minimum atomic E-state index is -4.45. The van der Waals surface area contributed by atoms with Crippen LogP contribution in [0.4, 0.5) is 23.7 Å². The number of hydrogen-bond acceptors (Lipinski definition) is 1. The van der Waals surface area contributed by atoms with Crippen LogP contribution in [0, 0.1) is 6.07 Å². The molecule has 3 nitrogen and oxygen atoms in total. The molecular formula is C10H10F3N2O. The third-order valence-corrected chi connectivity index (χ3v) is 1.99. The molecule has 0 saturated heterocycles. The molecule has 16 heavy (non-hydrogen) atoms. The van der Waals surface area contributed by atoms with E-state index in [0.717, 1.165) is 17.0 Å². The molecule has 6 heteroatoms. The lowest BCUT2D eigenvalue weighted by Gasteiger charge is -2.19. The van der Waals surface area contributed by atoms with Gasteiger partial charge in [-0.15, -0.1) is 0 Å². The van der Waals surface area contributed by atoms with Gasteiger partial charge in [-0.1, -0.05) is 0 Å². The van der Waals surface area contributed by atoms with Crippen molar-refractivity contribution in [2.75, 3.05) is 11.4 Å². The van der Waals surface area contributed by atoms with Crippen molar-refractivity contribution < 1.29 is 18.0 Å². The maximum Gasteiger partial charge on any atom is 0.416 e. The summed E-state index contributed by atoms with van der Waals surface area (Å²) in [5.74, 6) is 0. The lowest BCUT2D eigenvalue weighted by Crippen LogP contribution is -2.35. The normalized spacial score (nSPS) is 11.2. The molecule has 0 spiro atoms. The predicted octanol–water partition coefficient (Wildman–Crippen LogP) is 2.41. The Morgan fingerprint density at radius 1 is 1.50 bits per heavy atom. The summed E-state index contributed by atoms with van der Waals surface area (Å²) in [6.07, 6.45) is -4.45. The molecule has 0 bridgehead atoms. The monoisotopic (exact) mass is 231 g/mol. The van der Waals surface area contributed by atoms with Crippen LogP contribution in [0.3, 0.4) is 0 Å². The van der Waals surface area contributed by atoms with Gasteiger partial charge in [0.1, 0.15) is 0 Å². The Morgan fingerprint density at radius 3 is 2.56 bits per heavy atom. The summed E-state index contributed by atoms with van der Waals surface area (Å²) in [5, 5.41) is 0. The van der Waals surface area contributed by atoms with Crippen LogP contribution in [0.2, 0.25) is 0 Å². The Morgan fingerprint density at radius 2 is 2.12 bits per heavy atom.